The van der Waals surface area contributed by atoms with Gasteiger partial charge in [0.25, 0.3) is 0 Å². The van der Waals surface area contributed by atoms with E-state index in [0.717, 1.165) is 11.6 Å². The number of amides is 2. The highest BCUT2D eigenvalue weighted by Gasteiger charge is 2.36. The van der Waals surface area contributed by atoms with Crippen molar-refractivity contribution >= 4 is 27.5 Å². The van der Waals surface area contributed by atoms with Crippen LogP contribution in [-0.2, 0) is 19.6 Å². The number of benzene rings is 2. The van der Waals surface area contributed by atoms with Gasteiger partial charge in [0.2, 0.25) is 10.0 Å². The van der Waals surface area contributed by atoms with Crippen LogP contribution < -0.4 is 10.6 Å². The largest absolute Gasteiger partial charge is 0.346 e. The van der Waals surface area contributed by atoms with E-state index in [9.17, 15) is 22.4 Å². The molecule has 3 rings (SSSR count). The van der Waals surface area contributed by atoms with Gasteiger partial charge in [0.1, 0.15) is 5.82 Å². The molecule has 1 unspecified atom stereocenters. The Hall–Kier alpha value is -2.78. The van der Waals surface area contributed by atoms with E-state index in [2.05, 4.69) is 10.6 Å². The highest BCUT2D eigenvalue weighted by atomic mass is 32.2. The number of nitrogens with one attached hydrogen (secondary N) is 2. The molecule has 2 N–H and O–H groups in total. The Balaban J connectivity index is 1.65. The first-order valence-corrected chi connectivity index (χ1v) is 11.1. The molecule has 0 bridgehead atoms. The van der Waals surface area contributed by atoms with Crippen LogP contribution in [0.15, 0.2) is 47.4 Å². The summed E-state index contributed by atoms with van der Waals surface area (Å²) in [5, 5.41) is 4.80. The van der Waals surface area contributed by atoms with Crippen molar-refractivity contribution in [1.82, 2.24) is 9.62 Å². The van der Waals surface area contributed by atoms with Crippen molar-refractivity contribution in [3.63, 3.8) is 0 Å². The van der Waals surface area contributed by atoms with E-state index in [0.29, 0.717) is 24.9 Å². The quantitative estimate of drug-likeness (QED) is 0.708. The maximum absolute atomic E-state index is 13.2. The summed E-state index contributed by atoms with van der Waals surface area (Å²) < 4.78 is 40.9. The number of nitrogens with zero attached hydrogens (tertiary/aromatic N) is 1. The molecule has 1 saturated heterocycles. The van der Waals surface area contributed by atoms with Crippen LogP contribution in [0.3, 0.4) is 0 Å². The Labute approximate surface area is 175 Å². The van der Waals surface area contributed by atoms with Crippen molar-refractivity contribution < 1.29 is 22.4 Å². The Bertz CT molecular complexity index is 1070. The second kappa shape index (κ2) is 8.93. The summed E-state index contributed by atoms with van der Waals surface area (Å²) in [6, 6.07) is 10.0. The first-order valence-electron chi connectivity index (χ1n) is 9.62. The van der Waals surface area contributed by atoms with Crippen LogP contribution in [0.4, 0.5) is 10.1 Å². The van der Waals surface area contributed by atoms with E-state index >= 15 is 0 Å². The maximum atomic E-state index is 13.2. The number of hydrogen-bond donors (Lipinski definition) is 2. The molecule has 1 aliphatic rings. The van der Waals surface area contributed by atoms with E-state index in [1.807, 2.05) is 13.0 Å². The van der Waals surface area contributed by atoms with Crippen molar-refractivity contribution in [3.8, 4) is 0 Å². The number of halogens is 1. The van der Waals surface area contributed by atoms with Gasteiger partial charge in [0, 0.05) is 24.8 Å². The average Bonchev–Trinajstić information content (AvgIpc) is 3.17. The van der Waals surface area contributed by atoms with E-state index in [1.54, 1.807) is 19.1 Å². The molecule has 2 aromatic rings. The summed E-state index contributed by atoms with van der Waals surface area (Å²) in [6.45, 7) is 3.94. The standard InChI is InChI=1S/C21H24FN3O4S/c1-14-8-9-15(2)19(11-14)30(28,29)25-10-4-7-18(25)13-23-20(26)21(27)24-17-6-3-5-16(22)12-17/h3,5-6,8-9,11-12,18H,4,7,10,13H2,1-2H3,(H,23,26)(H,24,27). The predicted molar refractivity (Wildman–Crippen MR) is 111 cm³/mol. The number of rotatable bonds is 5. The third-order valence-corrected chi connectivity index (χ3v) is 7.13. The van der Waals surface area contributed by atoms with Gasteiger partial charge in [0.15, 0.2) is 0 Å². The molecule has 0 spiro atoms. The van der Waals surface area contributed by atoms with Gasteiger partial charge in [0.05, 0.1) is 4.90 Å². The Morgan fingerprint density at radius 2 is 1.90 bits per heavy atom. The number of aryl methyl sites for hydroxylation is 2. The lowest BCUT2D eigenvalue weighted by Gasteiger charge is -2.25. The van der Waals surface area contributed by atoms with Crippen molar-refractivity contribution in [2.75, 3.05) is 18.4 Å². The minimum atomic E-state index is -3.72. The molecule has 0 aromatic heterocycles. The number of anilines is 1. The molecule has 160 valence electrons. The SMILES string of the molecule is Cc1ccc(C)c(S(=O)(=O)N2CCCC2CNC(=O)C(=O)Nc2cccc(F)c2)c1. The Kier molecular flexibility index (Phi) is 6.52. The molecule has 9 heteroatoms. The molecule has 0 radical (unpaired) electrons. The molecular weight excluding hydrogens is 409 g/mol. The first-order chi connectivity index (χ1) is 14.2. The molecule has 1 aliphatic heterocycles. The summed E-state index contributed by atoms with van der Waals surface area (Å²) in [6.07, 6.45) is 1.25. The molecule has 1 heterocycles. The van der Waals surface area contributed by atoms with Crippen LogP contribution in [0.5, 0.6) is 0 Å². The molecule has 30 heavy (non-hydrogen) atoms. The highest BCUT2D eigenvalue weighted by molar-refractivity contribution is 7.89. The Morgan fingerprint density at radius 3 is 2.63 bits per heavy atom. The van der Waals surface area contributed by atoms with E-state index < -0.39 is 33.7 Å². The van der Waals surface area contributed by atoms with Gasteiger partial charge in [-0.15, -0.1) is 0 Å². The zero-order valence-electron chi connectivity index (χ0n) is 16.8. The average molecular weight is 434 g/mol. The second-order valence-electron chi connectivity index (χ2n) is 7.36. The van der Waals surface area contributed by atoms with Crippen LogP contribution in [-0.4, -0.2) is 43.7 Å². The second-order valence-corrected chi connectivity index (χ2v) is 9.21. The van der Waals surface area contributed by atoms with Crippen molar-refractivity contribution in [1.29, 1.82) is 0 Å². The molecule has 7 nitrogen and oxygen atoms in total. The van der Waals surface area contributed by atoms with Gasteiger partial charge in [-0.1, -0.05) is 18.2 Å². The smallest absolute Gasteiger partial charge is 0.313 e. The van der Waals surface area contributed by atoms with Crippen molar-refractivity contribution in [2.24, 2.45) is 0 Å². The lowest BCUT2D eigenvalue weighted by Crippen LogP contribution is -2.45. The van der Waals surface area contributed by atoms with E-state index in [-0.39, 0.29) is 17.1 Å². The van der Waals surface area contributed by atoms with Gasteiger partial charge in [-0.3, -0.25) is 9.59 Å². The fourth-order valence-corrected chi connectivity index (χ4v) is 5.49. The van der Waals surface area contributed by atoms with Crippen LogP contribution in [0, 0.1) is 19.7 Å². The summed E-state index contributed by atoms with van der Waals surface area (Å²) >= 11 is 0. The van der Waals surface area contributed by atoms with E-state index in [4.69, 9.17) is 0 Å². The first kappa shape index (κ1) is 21.9. The maximum Gasteiger partial charge on any atom is 0.313 e. The number of carbonyl (C=O) groups is 2. The van der Waals surface area contributed by atoms with Crippen molar-refractivity contribution in [3.05, 3.63) is 59.4 Å². The van der Waals surface area contributed by atoms with Crippen LogP contribution in [0.1, 0.15) is 24.0 Å². The molecule has 0 aliphatic carbocycles. The summed E-state index contributed by atoms with van der Waals surface area (Å²) in [5.74, 6) is -2.38. The number of hydrogen-bond acceptors (Lipinski definition) is 4. The summed E-state index contributed by atoms with van der Waals surface area (Å²) in [7, 11) is -3.72. The topological polar surface area (TPSA) is 95.6 Å². The summed E-state index contributed by atoms with van der Waals surface area (Å²) in [4.78, 5) is 24.4. The van der Waals surface area contributed by atoms with Gasteiger partial charge in [-0.2, -0.15) is 4.31 Å². The minimum Gasteiger partial charge on any atom is -0.346 e. The normalized spacial score (nSPS) is 17.0. The third-order valence-electron chi connectivity index (χ3n) is 5.04. The van der Waals surface area contributed by atoms with Crippen molar-refractivity contribution in [2.45, 2.75) is 37.6 Å². The van der Waals surface area contributed by atoms with Crippen LogP contribution in [0.25, 0.3) is 0 Å². The van der Waals surface area contributed by atoms with Gasteiger partial charge >= 0.3 is 11.8 Å². The summed E-state index contributed by atoms with van der Waals surface area (Å²) in [5.41, 5.74) is 1.66. The zero-order chi connectivity index (χ0) is 21.9. The number of carbonyl (C=O) groups excluding carboxylic acids is 2. The predicted octanol–water partition coefficient (Wildman–Crippen LogP) is 2.35. The van der Waals surface area contributed by atoms with Gasteiger partial charge in [-0.25, -0.2) is 12.8 Å². The molecule has 2 aromatic carbocycles. The molecule has 1 fully saturated rings. The number of sulfonamides is 1. The Morgan fingerprint density at radius 1 is 1.13 bits per heavy atom. The fraction of sp³-hybridized carbons (Fsp3) is 0.333. The molecular formula is C21H24FN3O4S. The third kappa shape index (κ3) is 4.85. The van der Waals surface area contributed by atoms with Crippen LogP contribution >= 0.6 is 0 Å². The fourth-order valence-electron chi connectivity index (χ4n) is 3.49. The zero-order valence-corrected chi connectivity index (χ0v) is 17.6. The van der Waals surface area contributed by atoms with Gasteiger partial charge < -0.3 is 10.6 Å². The lowest BCUT2D eigenvalue weighted by atomic mass is 10.2. The van der Waals surface area contributed by atoms with Crippen LogP contribution in [0.2, 0.25) is 0 Å². The van der Waals surface area contributed by atoms with E-state index in [1.165, 1.54) is 22.5 Å². The molecule has 2 amide bonds. The molecule has 0 saturated carbocycles. The van der Waals surface area contributed by atoms with Gasteiger partial charge in [-0.05, 0) is 62.1 Å². The highest BCUT2D eigenvalue weighted by Crippen LogP contribution is 2.28. The monoisotopic (exact) mass is 433 g/mol. The minimum absolute atomic E-state index is 0.0134. The lowest BCUT2D eigenvalue weighted by molar-refractivity contribution is -0.136. The molecule has 1 atom stereocenters.